The fourth-order valence-electron chi connectivity index (χ4n) is 2.24. The highest BCUT2D eigenvalue weighted by molar-refractivity contribution is 7.15. The van der Waals surface area contributed by atoms with Gasteiger partial charge in [0.1, 0.15) is 5.01 Å². The molecular weight excluding hydrogens is 272 g/mol. The Morgan fingerprint density at radius 1 is 1.35 bits per heavy atom. The molecule has 0 atom stereocenters. The van der Waals surface area contributed by atoms with Crippen molar-refractivity contribution in [2.45, 2.75) is 53.0 Å². The van der Waals surface area contributed by atoms with Gasteiger partial charge in [-0.05, 0) is 24.7 Å². The minimum Gasteiger partial charge on any atom is -0.360 e. The minimum atomic E-state index is 0.244. The fourth-order valence-corrected chi connectivity index (χ4v) is 3.02. The molecule has 112 valence electrons. The molecule has 1 aliphatic heterocycles. The molecule has 5 nitrogen and oxygen atoms in total. The molecule has 0 unspecified atom stereocenters. The second-order valence-corrected chi connectivity index (χ2v) is 7.22. The van der Waals surface area contributed by atoms with Crippen LogP contribution in [0.4, 0.5) is 5.13 Å². The molecule has 1 fully saturated rings. The topological polar surface area (TPSA) is 58.1 Å². The van der Waals surface area contributed by atoms with Crippen LogP contribution in [0.15, 0.2) is 0 Å². The Balaban J connectivity index is 1.94. The average molecular weight is 296 g/mol. The van der Waals surface area contributed by atoms with Crippen molar-refractivity contribution < 1.29 is 4.79 Å². The molecule has 0 spiro atoms. The third kappa shape index (κ3) is 4.16. The molecule has 1 saturated heterocycles. The lowest BCUT2D eigenvalue weighted by molar-refractivity contribution is -0.131. The van der Waals surface area contributed by atoms with Crippen molar-refractivity contribution in [1.82, 2.24) is 15.1 Å². The average Bonchev–Trinajstić information content (AvgIpc) is 2.81. The molecule has 1 amide bonds. The van der Waals surface area contributed by atoms with Crippen LogP contribution < -0.4 is 5.32 Å². The second-order valence-electron chi connectivity index (χ2n) is 6.16. The Morgan fingerprint density at radius 3 is 2.90 bits per heavy atom. The summed E-state index contributed by atoms with van der Waals surface area (Å²) in [7, 11) is 0. The molecular formula is C14H24N4OS. The van der Waals surface area contributed by atoms with Crippen molar-refractivity contribution >= 4 is 22.4 Å². The van der Waals surface area contributed by atoms with Gasteiger partial charge < -0.3 is 10.2 Å². The Labute approximate surface area is 124 Å². The predicted molar refractivity (Wildman–Crippen MR) is 81.7 cm³/mol. The molecule has 0 saturated carbocycles. The summed E-state index contributed by atoms with van der Waals surface area (Å²) in [6.07, 6.45) is 3.74. The van der Waals surface area contributed by atoms with E-state index in [2.05, 4.69) is 36.3 Å². The summed E-state index contributed by atoms with van der Waals surface area (Å²) in [5.41, 5.74) is 0.263. The van der Waals surface area contributed by atoms with Crippen LogP contribution in [0, 0.1) is 5.41 Å². The van der Waals surface area contributed by atoms with E-state index >= 15 is 0 Å². The summed E-state index contributed by atoms with van der Waals surface area (Å²) >= 11 is 1.55. The molecule has 0 aliphatic carbocycles. The molecule has 2 rings (SSSR count). The number of amides is 1. The standard InChI is InChI=1S/C14H24N4OS/c1-4-8-15-13-17-16-11(20-13)10-18-9-7-14(2,3)6-5-12(18)19/h4-10H2,1-3H3,(H,15,17). The van der Waals surface area contributed by atoms with Crippen molar-refractivity contribution in [3.05, 3.63) is 5.01 Å². The molecule has 0 radical (unpaired) electrons. The number of likely N-dealkylation sites (tertiary alicyclic amines) is 1. The number of nitrogens with zero attached hydrogens (tertiary/aromatic N) is 3. The van der Waals surface area contributed by atoms with E-state index in [1.54, 1.807) is 11.3 Å². The molecule has 1 N–H and O–H groups in total. The largest absolute Gasteiger partial charge is 0.360 e. The van der Waals surface area contributed by atoms with E-state index in [0.29, 0.717) is 13.0 Å². The van der Waals surface area contributed by atoms with E-state index in [1.807, 2.05) is 4.90 Å². The zero-order valence-corrected chi connectivity index (χ0v) is 13.4. The Kier molecular flexibility index (Phi) is 4.96. The first kappa shape index (κ1) is 15.2. The predicted octanol–water partition coefficient (Wildman–Crippen LogP) is 2.90. The number of carbonyl (C=O) groups excluding carboxylic acids is 1. The summed E-state index contributed by atoms with van der Waals surface area (Å²) in [6, 6.07) is 0. The van der Waals surface area contributed by atoms with Crippen molar-refractivity contribution in [1.29, 1.82) is 0 Å². The molecule has 0 aromatic carbocycles. The van der Waals surface area contributed by atoms with Crippen LogP contribution in [0.2, 0.25) is 0 Å². The number of carbonyl (C=O) groups is 1. The Hall–Kier alpha value is -1.17. The molecule has 1 aliphatic rings. The molecule has 20 heavy (non-hydrogen) atoms. The molecule has 0 bridgehead atoms. The van der Waals surface area contributed by atoms with Crippen molar-refractivity contribution in [2.24, 2.45) is 5.41 Å². The summed E-state index contributed by atoms with van der Waals surface area (Å²) in [4.78, 5) is 14.1. The highest BCUT2D eigenvalue weighted by atomic mass is 32.1. The highest BCUT2D eigenvalue weighted by Gasteiger charge is 2.27. The van der Waals surface area contributed by atoms with Crippen molar-refractivity contribution in [3.8, 4) is 0 Å². The van der Waals surface area contributed by atoms with Crippen LogP contribution in [-0.2, 0) is 11.3 Å². The summed E-state index contributed by atoms with van der Waals surface area (Å²) in [5.74, 6) is 0.244. The number of hydrogen-bond acceptors (Lipinski definition) is 5. The SMILES string of the molecule is CCCNc1nnc(CN2CCC(C)(C)CCC2=O)s1. The maximum Gasteiger partial charge on any atom is 0.222 e. The van der Waals surface area contributed by atoms with Gasteiger partial charge in [-0.15, -0.1) is 10.2 Å². The first-order valence-electron chi connectivity index (χ1n) is 7.34. The number of nitrogens with one attached hydrogen (secondary N) is 1. The van der Waals surface area contributed by atoms with Crippen molar-refractivity contribution in [3.63, 3.8) is 0 Å². The van der Waals surface area contributed by atoms with Crippen molar-refractivity contribution in [2.75, 3.05) is 18.4 Å². The van der Waals surface area contributed by atoms with Crippen LogP contribution in [-0.4, -0.2) is 34.1 Å². The Morgan fingerprint density at radius 2 is 2.15 bits per heavy atom. The smallest absolute Gasteiger partial charge is 0.222 e. The number of aromatic nitrogens is 2. The second kappa shape index (κ2) is 6.52. The Bertz CT molecular complexity index is 458. The van der Waals surface area contributed by atoms with Crippen LogP contribution in [0.1, 0.15) is 51.5 Å². The van der Waals surface area contributed by atoms with E-state index in [4.69, 9.17) is 0 Å². The van der Waals surface area contributed by atoms with E-state index in [9.17, 15) is 4.79 Å². The van der Waals surface area contributed by atoms with E-state index in [-0.39, 0.29) is 11.3 Å². The van der Waals surface area contributed by atoms with Crippen LogP contribution in [0.25, 0.3) is 0 Å². The van der Waals surface area contributed by atoms with Crippen LogP contribution in [0.5, 0.6) is 0 Å². The number of anilines is 1. The number of hydrogen-bond donors (Lipinski definition) is 1. The molecule has 6 heteroatoms. The quantitative estimate of drug-likeness (QED) is 0.907. The van der Waals surface area contributed by atoms with Gasteiger partial charge >= 0.3 is 0 Å². The monoisotopic (exact) mass is 296 g/mol. The van der Waals surface area contributed by atoms with Gasteiger partial charge in [-0.2, -0.15) is 0 Å². The first-order valence-corrected chi connectivity index (χ1v) is 8.16. The molecule has 1 aromatic rings. The zero-order valence-electron chi connectivity index (χ0n) is 12.6. The van der Waals surface area contributed by atoms with E-state index in [1.165, 1.54) is 0 Å². The normalized spacial score (nSPS) is 18.9. The lowest BCUT2D eigenvalue weighted by Gasteiger charge is -2.22. The van der Waals surface area contributed by atoms with Gasteiger partial charge in [-0.25, -0.2) is 0 Å². The van der Waals surface area contributed by atoms with Crippen LogP contribution >= 0.6 is 11.3 Å². The lowest BCUT2D eigenvalue weighted by Crippen LogP contribution is -2.30. The van der Waals surface area contributed by atoms with Gasteiger partial charge in [0.15, 0.2) is 0 Å². The van der Waals surface area contributed by atoms with Gasteiger partial charge in [0.05, 0.1) is 6.54 Å². The highest BCUT2D eigenvalue weighted by Crippen LogP contribution is 2.31. The summed E-state index contributed by atoms with van der Waals surface area (Å²) in [6.45, 7) is 8.92. The zero-order chi connectivity index (χ0) is 14.6. The summed E-state index contributed by atoms with van der Waals surface area (Å²) in [5, 5.41) is 13.3. The molecule has 2 heterocycles. The number of rotatable bonds is 5. The van der Waals surface area contributed by atoms with E-state index < -0.39 is 0 Å². The van der Waals surface area contributed by atoms with Gasteiger partial charge in [0.25, 0.3) is 0 Å². The first-order chi connectivity index (χ1) is 9.50. The third-order valence-corrected chi connectivity index (χ3v) is 4.61. The van der Waals surface area contributed by atoms with Gasteiger partial charge in [0.2, 0.25) is 11.0 Å². The van der Waals surface area contributed by atoms with Gasteiger partial charge in [-0.1, -0.05) is 32.1 Å². The maximum absolute atomic E-state index is 12.2. The summed E-state index contributed by atoms with van der Waals surface area (Å²) < 4.78 is 0. The molecule has 1 aromatic heterocycles. The minimum absolute atomic E-state index is 0.244. The maximum atomic E-state index is 12.2. The van der Waals surface area contributed by atoms with Crippen LogP contribution in [0.3, 0.4) is 0 Å². The fraction of sp³-hybridized carbons (Fsp3) is 0.786. The lowest BCUT2D eigenvalue weighted by atomic mass is 9.85. The third-order valence-electron chi connectivity index (χ3n) is 3.75. The van der Waals surface area contributed by atoms with Gasteiger partial charge in [0, 0.05) is 19.5 Å². The van der Waals surface area contributed by atoms with Gasteiger partial charge in [-0.3, -0.25) is 4.79 Å². The van der Waals surface area contributed by atoms with E-state index in [0.717, 1.165) is 42.5 Å².